The molecule has 0 aliphatic heterocycles. The number of carbonyl (C=O) groups excluding carboxylic acids is 2. The fourth-order valence-electron chi connectivity index (χ4n) is 1.76. The van der Waals surface area contributed by atoms with E-state index in [1.165, 1.54) is 6.08 Å². The molecule has 0 bridgehead atoms. The molecule has 0 fully saturated rings. The highest BCUT2D eigenvalue weighted by Crippen LogP contribution is 2.11. The first-order valence-electron chi connectivity index (χ1n) is 7.00. The highest BCUT2D eigenvalue weighted by molar-refractivity contribution is 14.1. The third-order valence-corrected chi connectivity index (χ3v) is 3.68. The molecule has 0 aliphatic rings. The van der Waals surface area contributed by atoms with Crippen molar-refractivity contribution in [2.45, 2.75) is 6.92 Å². The average molecular weight is 421 g/mol. The van der Waals surface area contributed by atoms with Gasteiger partial charge in [0.05, 0.1) is 0 Å². The van der Waals surface area contributed by atoms with Crippen molar-refractivity contribution in [3.05, 3.63) is 69.3 Å². The fraction of sp³-hybridized carbons (Fsp3) is 0.111. The molecule has 1 N–H and O–H groups in total. The SMILES string of the molecule is Cc1ccc(/C=C/C(=O)OCC(=O)Nc2ccc(I)cc2)cc1. The van der Waals surface area contributed by atoms with Gasteiger partial charge in [0.2, 0.25) is 0 Å². The molecule has 0 radical (unpaired) electrons. The lowest BCUT2D eigenvalue weighted by atomic mass is 10.1. The smallest absolute Gasteiger partial charge is 0.331 e. The lowest BCUT2D eigenvalue weighted by Gasteiger charge is -2.05. The van der Waals surface area contributed by atoms with Gasteiger partial charge in [-0.25, -0.2) is 4.79 Å². The van der Waals surface area contributed by atoms with Gasteiger partial charge in [-0.3, -0.25) is 4.79 Å². The Morgan fingerprint density at radius 3 is 2.39 bits per heavy atom. The number of amides is 1. The van der Waals surface area contributed by atoms with Crippen LogP contribution >= 0.6 is 22.6 Å². The summed E-state index contributed by atoms with van der Waals surface area (Å²) in [5.41, 5.74) is 2.72. The van der Waals surface area contributed by atoms with Gasteiger partial charge in [-0.05, 0) is 65.4 Å². The second-order valence-electron chi connectivity index (χ2n) is 4.91. The van der Waals surface area contributed by atoms with E-state index in [0.29, 0.717) is 5.69 Å². The summed E-state index contributed by atoms with van der Waals surface area (Å²) in [5.74, 6) is -0.924. The molecule has 0 saturated heterocycles. The molecular formula is C18H16INO3. The van der Waals surface area contributed by atoms with Crippen molar-refractivity contribution in [3.63, 3.8) is 0 Å². The van der Waals surface area contributed by atoms with Crippen LogP contribution in [0.2, 0.25) is 0 Å². The van der Waals surface area contributed by atoms with Crippen LogP contribution in [0.1, 0.15) is 11.1 Å². The maximum Gasteiger partial charge on any atom is 0.331 e. The van der Waals surface area contributed by atoms with Crippen molar-refractivity contribution in [2.24, 2.45) is 0 Å². The molecule has 0 aliphatic carbocycles. The second kappa shape index (κ2) is 8.47. The van der Waals surface area contributed by atoms with Gasteiger partial charge < -0.3 is 10.1 Å². The predicted molar refractivity (Wildman–Crippen MR) is 99.0 cm³/mol. The Labute approximate surface area is 148 Å². The number of anilines is 1. The number of hydrogen-bond donors (Lipinski definition) is 1. The number of nitrogens with one attached hydrogen (secondary N) is 1. The summed E-state index contributed by atoms with van der Waals surface area (Å²) in [6.07, 6.45) is 2.96. The zero-order valence-electron chi connectivity index (χ0n) is 12.6. The van der Waals surface area contributed by atoms with Crippen LogP contribution in [0.3, 0.4) is 0 Å². The van der Waals surface area contributed by atoms with Gasteiger partial charge >= 0.3 is 5.97 Å². The number of ether oxygens (including phenoxy) is 1. The average Bonchev–Trinajstić information content (AvgIpc) is 2.54. The molecule has 0 saturated carbocycles. The molecule has 0 aromatic heterocycles. The summed E-state index contributed by atoms with van der Waals surface area (Å²) < 4.78 is 5.98. The summed E-state index contributed by atoms with van der Waals surface area (Å²) in [6, 6.07) is 15.1. The zero-order chi connectivity index (χ0) is 16.7. The predicted octanol–water partition coefficient (Wildman–Crippen LogP) is 3.79. The summed E-state index contributed by atoms with van der Waals surface area (Å²) >= 11 is 2.18. The maximum absolute atomic E-state index is 11.7. The first-order chi connectivity index (χ1) is 11.0. The molecule has 118 valence electrons. The minimum absolute atomic E-state index is 0.316. The van der Waals surface area contributed by atoms with Crippen LogP contribution in [-0.4, -0.2) is 18.5 Å². The zero-order valence-corrected chi connectivity index (χ0v) is 14.7. The standard InChI is InChI=1S/C18H16INO3/c1-13-2-4-14(5-3-13)6-11-18(22)23-12-17(21)20-16-9-7-15(19)8-10-16/h2-11H,12H2,1H3,(H,20,21)/b11-6+. The van der Waals surface area contributed by atoms with Gasteiger partial charge in [0.1, 0.15) is 0 Å². The molecular weight excluding hydrogens is 405 g/mol. The number of benzene rings is 2. The first kappa shape index (κ1) is 17.2. The largest absolute Gasteiger partial charge is 0.452 e. The Hall–Kier alpha value is -2.15. The van der Waals surface area contributed by atoms with Crippen LogP contribution in [0.15, 0.2) is 54.6 Å². The quantitative estimate of drug-likeness (QED) is 0.454. The molecule has 2 rings (SSSR count). The second-order valence-corrected chi connectivity index (χ2v) is 6.15. The summed E-state index contributed by atoms with van der Waals surface area (Å²) in [4.78, 5) is 23.3. The van der Waals surface area contributed by atoms with Crippen LogP contribution in [-0.2, 0) is 14.3 Å². The molecule has 0 unspecified atom stereocenters. The van der Waals surface area contributed by atoms with E-state index < -0.39 is 5.97 Å². The molecule has 5 heteroatoms. The maximum atomic E-state index is 11.7. The highest BCUT2D eigenvalue weighted by Gasteiger charge is 2.05. The third-order valence-electron chi connectivity index (χ3n) is 2.96. The highest BCUT2D eigenvalue weighted by atomic mass is 127. The van der Waals surface area contributed by atoms with Crippen LogP contribution in [0.25, 0.3) is 6.08 Å². The van der Waals surface area contributed by atoms with Crippen LogP contribution in [0, 0.1) is 10.5 Å². The topological polar surface area (TPSA) is 55.4 Å². The molecule has 23 heavy (non-hydrogen) atoms. The Morgan fingerprint density at radius 1 is 1.09 bits per heavy atom. The van der Waals surface area contributed by atoms with Gasteiger partial charge in [0.25, 0.3) is 5.91 Å². The van der Waals surface area contributed by atoms with E-state index in [9.17, 15) is 9.59 Å². The van der Waals surface area contributed by atoms with Crippen molar-refractivity contribution in [1.29, 1.82) is 0 Å². The molecule has 0 atom stereocenters. The number of carbonyl (C=O) groups is 2. The number of aryl methyl sites for hydroxylation is 1. The minimum Gasteiger partial charge on any atom is -0.452 e. The number of esters is 1. The lowest BCUT2D eigenvalue weighted by Crippen LogP contribution is -2.20. The Morgan fingerprint density at radius 2 is 1.74 bits per heavy atom. The van der Waals surface area contributed by atoms with Gasteiger partial charge in [-0.1, -0.05) is 29.8 Å². The van der Waals surface area contributed by atoms with Crippen LogP contribution < -0.4 is 5.32 Å². The van der Waals surface area contributed by atoms with E-state index in [1.807, 2.05) is 43.3 Å². The van der Waals surface area contributed by atoms with Crippen LogP contribution in [0.5, 0.6) is 0 Å². The summed E-state index contributed by atoms with van der Waals surface area (Å²) in [5, 5.41) is 2.66. The van der Waals surface area contributed by atoms with Crippen molar-refractivity contribution < 1.29 is 14.3 Å². The van der Waals surface area contributed by atoms with Gasteiger partial charge in [-0.2, -0.15) is 0 Å². The fourth-order valence-corrected chi connectivity index (χ4v) is 2.12. The summed E-state index contributed by atoms with van der Waals surface area (Å²) in [6.45, 7) is 1.68. The molecule has 0 heterocycles. The van der Waals surface area contributed by atoms with E-state index in [0.717, 1.165) is 14.7 Å². The van der Waals surface area contributed by atoms with Crippen molar-refractivity contribution in [2.75, 3.05) is 11.9 Å². The molecule has 4 nitrogen and oxygen atoms in total. The molecule has 1 amide bonds. The van der Waals surface area contributed by atoms with Gasteiger partial charge in [0.15, 0.2) is 6.61 Å². The first-order valence-corrected chi connectivity index (χ1v) is 8.08. The monoisotopic (exact) mass is 421 g/mol. The Balaban J connectivity index is 1.78. The number of halogens is 1. The van der Waals surface area contributed by atoms with Crippen molar-refractivity contribution in [1.82, 2.24) is 0 Å². The summed E-state index contributed by atoms with van der Waals surface area (Å²) in [7, 11) is 0. The number of rotatable bonds is 5. The normalized spacial score (nSPS) is 10.5. The Kier molecular flexibility index (Phi) is 6.34. The van der Waals surface area contributed by atoms with E-state index >= 15 is 0 Å². The Bertz CT molecular complexity index is 706. The minimum atomic E-state index is -0.552. The van der Waals surface area contributed by atoms with Crippen molar-refractivity contribution >= 4 is 46.2 Å². The third kappa shape index (κ3) is 6.23. The van der Waals surface area contributed by atoms with Crippen LogP contribution in [0.4, 0.5) is 5.69 Å². The van der Waals surface area contributed by atoms with E-state index in [1.54, 1.807) is 18.2 Å². The van der Waals surface area contributed by atoms with Gasteiger partial charge in [0, 0.05) is 15.3 Å². The van der Waals surface area contributed by atoms with Gasteiger partial charge in [-0.15, -0.1) is 0 Å². The molecule has 0 spiro atoms. The molecule has 2 aromatic carbocycles. The molecule has 2 aromatic rings. The number of hydrogen-bond acceptors (Lipinski definition) is 3. The van der Waals surface area contributed by atoms with E-state index in [2.05, 4.69) is 27.9 Å². The van der Waals surface area contributed by atoms with E-state index in [-0.39, 0.29) is 12.5 Å². The lowest BCUT2D eigenvalue weighted by molar-refractivity contribution is -0.142. The van der Waals surface area contributed by atoms with Crippen molar-refractivity contribution in [3.8, 4) is 0 Å². The van der Waals surface area contributed by atoms with E-state index in [4.69, 9.17) is 4.74 Å².